The standard InChI is InChI=1S/C52H98N16O14/c1-9-52(8,82)18-10-11-39(71)59-31(12-19-53)46(76)68-41(30(7)70)51(81)64-34(15-22-56)43(73)63-36-17-24-58-50(80)40(29(6)69)67-47(77)35(16-23-57)61-42(72)32(13-20-54)62-48(78)37(25-27(2)3)66-49(79)38(26-28(4)5)65-44(74)33(14-21-55)60-45(36)75/h27-38,40-41,69-70,82H,9-26,53-57H2,1-8H3,(H,58,80)(H,59,71)(H,60,75)(H,61,72)(H,62,78)(H,63,73)(H,64,81)(H,65,74)(H,66,79)(H,67,77)(H,68,76)/t29-,30-,31+,32+,33+,34+,35+,36+,37+,38-,40+,41+,52?/m1/s1. The zero-order chi connectivity index (χ0) is 62.4. The minimum atomic E-state index is -1.73. The van der Waals surface area contributed by atoms with E-state index in [1.54, 1.807) is 41.5 Å². The highest BCUT2D eigenvalue weighted by Gasteiger charge is 2.38. The summed E-state index contributed by atoms with van der Waals surface area (Å²) < 4.78 is 0. The first-order valence-electron chi connectivity index (χ1n) is 28.4. The fourth-order valence-corrected chi connectivity index (χ4v) is 8.59. The highest BCUT2D eigenvalue weighted by Crippen LogP contribution is 2.17. The van der Waals surface area contributed by atoms with E-state index in [4.69, 9.17) is 28.7 Å². The number of nitrogens with two attached hydrogens (primary N) is 5. The molecule has 1 saturated heterocycles. The number of carbonyl (C=O) groups is 11. The number of hydrogen-bond donors (Lipinski definition) is 19. The van der Waals surface area contributed by atoms with Crippen molar-refractivity contribution in [2.75, 3.05) is 39.3 Å². The van der Waals surface area contributed by atoms with Gasteiger partial charge in [-0.2, -0.15) is 0 Å². The molecule has 82 heavy (non-hydrogen) atoms. The molecule has 30 nitrogen and oxygen atoms in total. The Labute approximate surface area is 480 Å². The van der Waals surface area contributed by atoms with E-state index in [1.807, 2.05) is 0 Å². The summed E-state index contributed by atoms with van der Waals surface area (Å²) in [5.41, 5.74) is 28.2. The molecule has 0 aromatic rings. The second kappa shape index (κ2) is 37.9. The molecule has 0 bridgehead atoms. The van der Waals surface area contributed by atoms with Gasteiger partial charge in [-0.05, 0) is 136 Å². The van der Waals surface area contributed by atoms with Crippen molar-refractivity contribution in [1.82, 2.24) is 58.5 Å². The fraction of sp³-hybridized carbons (Fsp3) is 0.788. The molecule has 0 spiro atoms. The van der Waals surface area contributed by atoms with E-state index in [-0.39, 0.29) is 95.9 Å². The lowest BCUT2D eigenvalue weighted by Gasteiger charge is -2.29. The molecular formula is C52H98N16O14. The molecule has 1 aliphatic heterocycles. The van der Waals surface area contributed by atoms with E-state index in [1.165, 1.54) is 13.8 Å². The van der Waals surface area contributed by atoms with Gasteiger partial charge in [-0.1, -0.05) is 34.6 Å². The lowest BCUT2D eigenvalue weighted by atomic mass is 9.96. The Balaban J connectivity index is 3.83. The second-order valence-corrected chi connectivity index (χ2v) is 21.9. The summed E-state index contributed by atoms with van der Waals surface area (Å²) in [6.45, 7) is 11.7. The summed E-state index contributed by atoms with van der Waals surface area (Å²) in [7, 11) is 0. The summed E-state index contributed by atoms with van der Waals surface area (Å²) in [4.78, 5) is 153. The van der Waals surface area contributed by atoms with Gasteiger partial charge in [0.25, 0.3) is 0 Å². The maximum atomic E-state index is 14.4. The van der Waals surface area contributed by atoms with Crippen LogP contribution in [0.3, 0.4) is 0 Å². The Bertz CT molecular complexity index is 2100. The van der Waals surface area contributed by atoms with Gasteiger partial charge < -0.3 is 102 Å². The van der Waals surface area contributed by atoms with E-state index in [2.05, 4.69) is 58.5 Å². The van der Waals surface area contributed by atoms with Crippen molar-refractivity contribution in [1.29, 1.82) is 0 Å². The molecule has 0 aromatic heterocycles. The number of aliphatic hydroxyl groups excluding tert-OH is 2. The number of carbonyl (C=O) groups excluding carboxylic acids is 11. The van der Waals surface area contributed by atoms with Crippen molar-refractivity contribution >= 4 is 65.0 Å². The van der Waals surface area contributed by atoms with Gasteiger partial charge in [-0.3, -0.25) is 52.7 Å². The van der Waals surface area contributed by atoms with Gasteiger partial charge in [0.05, 0.1) is 17.8 Å². The van der Waals surface area contributed by atoms with Gasteiger partial charge in [0.1, 0.15) is 60.4 Å². The molecule has 1 aliphatic rings. The van der Waals surface area contributed by atoms with Crippen LogP contribution in [0.15, 0.2) is 0 Å². The van der Waals surface area contributed by atoms with Gasteiger partial charge in [0, 0.05) is 13.0 Å². The van der Waals surface area contributed by atoms with Crippen LogP contribution in [0, 0.1) is 11.8 Å². The van der Waals surface area contributed by atoms with Crippen LogP contribution in [0.1, 0.15) is 132 Å². The third-order valence-corrected chi connectivity index (χ3v) is 13.5. The zero-order valence-corrected chi connectivity index (χ0v) is 49.0. The van der Waals surface area contributed by atoms with E-state index >= 15 is 0 Å². The number of aliphatic hydroxyl groups is 3. The molecule has 1 unspecified atom stereocenters. The molecule has 0 saturated carbocycles. The summed E-state index contributed by atoms with van der Waals surface area (Å²) >= 11 is 0. The summed E-state index contributed by atoms with van der Waals surface area (Å²) in [5, 5.41) is 59.6. The number of nitrogens with one attached hydrogen (secondary N) is 11. The number of rotatable bonds is 28. The maximum Gasteiger partial charge on any atom is 0.245 e. The summed E-state index contributed by atoms with van der Waals surface area (Å²) in [6.07, 6.45) is -3.36. The monoisotopic (exact) mass is 1170 g/mol. The van der Waals surface area contributed by atoms with Crippen LogP contribution in [-0.4, -0.2) is 198 Å². The molecule has 0 aromatic carbocycles. The molecule has 470 valence electrons. The Morgan fingerprint density at radius 2 is 1.00 bits per heavy atom. The Morgan fingerprint density at radius 3 is 1.41 bits per heavy atom. The Morgan fingerprint density at radius 1 is 0.573 bits per heavy atom. The Hall–Kier alpha value is -6.15. The van der Waals surface area contributed by atoms with Crippen LogP contribution < -0.4 is 87.2 Å². The topological polar surface area (TPSA) is 511 Å². The largest absolute Gasteiger partial charge is 0.391 e. The average Bonchev–Trinajstić information content (AvgIpc) is 3.45. The van der Waals surface area contributed by atoms with Crippen LogP contribution in [0.5, 0.6) is 0 Å². The fourth-order valence-electron chi connectivity index (χ4n) is 8.59. The van der Waals surface area contributed by atoms with Crippen LogP contribution in [0.4, 0.5) is 0 Å². The summed E-state index contributed by atoms with van der Waals surface area (Å²) in [6, 6.07) is -14.7. The molecule has 24 N–H and O–H groups in total. The van der Waals surface area contributed by atoms with Crippen LogP contribution in [0.25, 0.3) is 0 Å². The molecule has 0 radical (unpaired) electrons. The molecule has 0 aliphatic carbocycles. The van der Waals surface area contributed by atoms with Crippen molar-refractivity contribution in [2.45, 2.75) is 211 Å². The number of hydrogen-bond acceptors (Lipinski definition) is 19. The predicted octanol–water partition coefficient (Wildman–Crippen LogP) is -6.72. The molecule has 13 atom stereocenters. The highest BCUT2D eigenvalue weighted by atomic mass is 16.3. The van der Waals surface area contributed by atoms with Crippen molar-refractivity contribution in [3.63, 3.8) is 0 Å². The van der Waals surface area contributed by atoms with Crippen molar-refractivity contribution in [3.8, 4) is 0 Å². The lowest BCUT2D eigenvalue weighted by molar-refractivity contribution is -0.137. The zero-order valence-electron chi connectivity index (χ0n) is 49.0. The second-order valence-electron chi connectivity index (χ2n) is 21.9. The highest BCUT2D eigenvalue weighted by molar-refractivity contribution is 5.99. The lowest BCUT2D eigenvalue weighted by Crippen LogP contribution is -2.62. The van der Waals surface area contributed by atoms with Gasteiger partial charge in [0.2, 0.25) is 65.0 Å². The first-order valence-corrected chi connectivity index (χ1v) is 28.4. The predicted molar refractivity (Wildman–Crippen MR) is 302 cm³/mol. The normalized spacial score (nSPS) is 23.8. The van der Waals surface area contributed by atoms with E-state index < -0.39 is 156 Å². The molecular weight excluding hydrogens is 1070 g/mol. The van der Waals surface area contributed by atoms with Crippen LogP contribution in [0.2, 0.25) is 0 Å². The Kier molecular flexibility index (Phi) is 34.1. The minimum Gasteiger partial charge on any atom is -0.391 e. The third kappa shape index (κ3) is 26.8. The van der Waals surface area contributed by atoms with E-state index in [0.29, 0.717) is 19.3 Å². The van der Waals surface area contributed by atoms with Crippen molar-refractivity contribution in [2.24, 2.45) is 40.5 Å². The van der Waals surface area contributed by atoms with Crippen molar-refractivity contribution in [3.05, 3.63) is 0 Å². The maximum absolute atomic E-state index is 14.4. The quantitative estimate of drug-likeness (QED) is 0.0346. The van der Waals surface area contributed by atoms with Gasteiger partial charge in [-0.25, -0.2) is 0 Å². The molecule has 1 fully saturated rings. The number of amides is 11. The molecule has 11 amide bonds. The minimum absolute atomic E-state index is 0.0368. The van der Waals surface area contributed by atoms with E-state index in [9.17, 15) is 68.1 Å². The van der Waals surface area contributed by atoms with Crippen LogP contribution in [-0.2, 0) is 52.7 Å². The molecule has 30 heteroatoms. The van der Waals surface area contributed by atoms with Crippen LogP contribution >= 0.6 is 0 Å². The van der Waals surface area contributed by atoms with Gasteiger partial charge in [-0.15, -0.1) is 0 Å². The van der Waals surface area contributed by atoms with E-state index in [0.717, 1.165) is 0 Å². The van der Waals surface area contributed by atoms with Crippen molar-refractivity contribution < 1.29 is 68.1 Å². The first kappa shape index (κ1) is 73.9. The van der Waals surface area contributed by atoms with Gasteiger partial charge >= 0.3 is 0 Å². The smallest absolute Gasteiger partial charge is 0.245 e. The molecule has 1 rings (SSSR count). The average molecular weight is 1170 g/mol. The summed E-state index contributed by atoms with van der Waals surface area (Å²) in [5.74, 6) is -10.3. The SMILES string of the molecule is CCC(C)(O)CCCC(=O)N[C@@H](CCN)C(=O)N[C@H](C(=O)N[C@@H](CCN)C(=O)N[C@H]1CCNC(=O)[C@H]([C@@H](C)O)NC(=O)[C@H](CCN)NC(=O)[C@H](CCN)NC(=O)[C@H](CC(C)C)NC(=O)[C@@H](CC(C)C)NC(=O)[C@H](CCN)NC1=O)[C@@H](C)O. The molecule has 1 heterocycles. The third-order valence-electron chi connectivity index (χ3n) is 13.5. The van der Waals surface area contributed by atoms with Gasteiger partial charge in [0.15, 0.2) is 0 Å². The first-order chi connectivity index (χ1) is 38.5.